The average Bonchev–Trinajstić information content (AvgIpc) is 2.44. The second-order valence-corrected chi connectivity index (χ2v) is 4.69. The summed E-state index contributed by atoms with van der Waals surface area (Å²) in [5.74, 6) is -0.0636. The highest BCUT2D eigenvalue weighted by Gasteiger charge is 2.22. The van der Waals surface area contributed by atoms with Crippen LogP contribution in [0.15, 0.2) is 0 Å². The van der Waals surface area contributed by atoms with Gasteiger partial charge in [0.2, 0.25) is 5.91 Å². The lowest BCUT2D eigenvalue weighted by molar-refractivity contribution is -0.126. The molecular formula is C14H30N4O3. The van der Waals surface area contributed by atoms with Crippen molar-refractivity contribution >= 4 is 18.2 Å². The van der Waals surface area contributed by atoms with Crippen LogP contribution in [0.1, 0.15) is 40.5 Å². The van der Waals surface area contributed by atoms with Crippen LogP contribution in [0, 0.1) is 5.92 Å². The molecule has 7 nitrogen and oxygen atoms in total. The number of carbonyl (C=O) groups excluding carboxylic acids is 3. The molecule has 3 amide bonds. The van der Waals surface area contributed by atoms with Gasteiger partial charge in [0.1, 0.15) is 6.29 Å². The van der Waals surface area contributed by atoms with Gasteiger partial charge in [0.15, 0.2) is 0 Å². The second kappa shape index (κ2) is 13.4. The third-order valence-electron chi connectivity index (χ3n) is 2.74. The van der Waals surface area contributed by atoms with Gasteiger partial charge in [0.25, 0.3) is 0 Å². The Bertz CT molecular complexity index is 309. The highest BCUT2D eigenvalue weighted by molar-refractivity contribution is 5.84. The van der Waals surface area contributed by atoms with Crippen LogP contribution in [0.2, 0.25) is 0 Å². The molecule has 2 unspecified atom stereocenters. The third-order valence-corrected chi connectivity index (χ3v) is 2.74. The van der Waals surface area contributed by atoms with Gasteiger partial charge >= 0.3 is 6.03 Å². The third kappa shape index (κ3) is 10.8. The van der Waals surface area contributed by atoms with Gasteiger partial charge in [0, 0.05) is 6.54 Å². The minimum absolute atomic E-state index is 0.133. The van der Waals surface area contributed by atoms with E-state index in [2.05, 4.69) is 16.0 Å². The maximum atomic E-state index is 11.9. The number of urea groups is 1. The SMILES string of the molecule is CC.CNC(C(=O)NC(C=O)CCCNC(N)=O)C(C)C. The first-order valence-corrected chi connectivity index (χ1v) is 7.38. The highest BCUT2D eigenvalue weighted by Crippen LogP contribution is 2.02. The van der Waals surface area contributed by atoms with E-state index in [1.807, 2.05) is 27.7 Å². The summed E-state index contributed by atoms with van der Waals surface area (Å²) in [4.78, 5) is 33.3. The molecule has 0 aliphatic rings. The highest BCUT2D eigenvalue weighted by atomic mass is 16.2. The van der Waals surface area contributed by atoms with Crippen LogP contribution in [0.25, 0.3) is 0 Å². The number of rotatable bonds is 9. The molecule has 2 atom stereocenters. The summed E-state index contributed by atoms with van der Waals surface area (Å²) in [6.45, 7) is 8.23. The van der Waals surface area contributed by atoms with Crippen LogP contribution >= 0.6 is 0 Å². The molecule has 0 aliphatic carbocycles. The van der Waals surface area contributed by atoms with Crippen molar-refractivity contribution in [1.82, 2.24) is 16.0 Å². The molecule has 0 saturated heterocycles. The van der Waals surface area contributed by atoms with E-state index in [0.717, 1.165) is 0 Å². The Kier molecular flexibility index (Phi) is 13.8. The molecule has 0 radical (unpaired) electrons. The van der Waals surface area contributed by atoms with Gasteiger partial charge in [-0.05, 0) is 25.8 Å². The minimum atomic E-state index is -0.596. The number of nitrogens with two attached hydrogens (primary N) is 1. The lowest BCUT2D eigenvalue weighted by Gasteiger charge is -2.21. The fourth-order valence-corrected chi connectivity index (χ4v) is 1.75. The van der Waals surface area contributed by atoms with Crippen molar-refractivity contribution in [2.75, 3.05) is 13.6 Å². The van der Waals surface area contributed by atoms with Crippen LogP contribution in [0.3, 0.4) is 0 Å². The normalized spacial score (nSPS) is 12.7. The Morgan fingerprint density at radius 2 is 1.81 bits per heavy atom. The van der Waals surface area contributed by atoms with Crippen molar-refractivity contribution in [1.29, 1.82) is 0 Å². The zero-order valence-corrected chi connectivity index (χ0v) is 13.7. The predicted molar refractivity (Wildman–Crippen MR) is 83.8 cm³/mol. The molecule has 0 saturated carbocycles. The summed E-state index contributed by atoms with van der Waals surface area (Å²) < 4.78 is 0. The molecular weight excluding hydrogens is 272 g/mol. The Labute approximate surface area is 127 Å². The topological polar surface area (TPSA) is 113 Å². The molecule has 0 aromatic rings. The fourth-order valence-electron chi connectivity index (χ4n) is 1.75. The number of carbonyl (C=O) groups is 3. The number of hydrogen-bond donors (Lipinski definition) is 4. The Morgan fingerprint density at radius 1 is 1.24 bits per heavy atom. The van der Waals surface area contributed by atoms with E-state index in [1.165, 1.54) is 0 Å². The van der Waals surface area contributed by atoms with Crippen LogP contribution < -0.4 is 21.7 Å². The lowest BCUT2D eigenvalue weighted by Crippen LogP contribution is -2.49. The summed E-state index contributed by atoms with van der Waals surface area (Å²) >= 11 is 0. The standard InChI is InChI=1S/C12H24N4O3.C2H6/c1-8(2)10(14-3)11(18)16-9(7-17)5-4-6-15-12(13)19;1-2/h7-10,14H,4-6H2,1-3H3,(H,16,18)(H3,13,15,19);1-2H3. The molecule has 0 fully saturated rings. The molecule has 0 heterocycles. The van der Waals surface area contributed by atoms with Gasteiger partial charge < -0.3 is 26.5 Å². The van der Waals surface area contributed by atoms with E-state index in [0.29, 0.717) is 25.7 Å². The van der Waals surface area contributed by atoms with Crippen molar-refractivity contribution in [2.24, 2.45) is 11.7 Å². The number of likely N-dealkylation sites (N-methyl/N-ethyl adjacent to an activating group) is 1. The first kappa shape index (κ1) is 21.7. The summed E-state index contributed by atoms with van der Waals surface area (Å²) in [6.07, 6.45) is 1.73. The van der Waals surface area contributed by atoms with Gasteiger partial charge in [-0.15, -0.1) is 0 Å². The number of hydrogen-bond acceptors (Lipinski definition) is 4. The van der Waals surface area contributed by atoms with E-state index in [9.17, 15) is 14.4 Å². The molecule has 0 aromatic heterocycles. The average molecular weight is 302 g/mol. The van der Waals surface area contributed by atoms with Crippen molar-refractivity contribution in [3.63, 3.8) is 0 Å². The number of primary amides is 1. The molecule has 5 N–H and O–H groups in total. The van der Waals surface area contributed by atoms with Crippen molar-refractivity contribution in [3.05, 3.63) is 0 Å². The molecule has 0 spiro atoms. The first-order valence-electron chi connectivity index (χ1n) is 7.38. The molecule has 0 rings (SSSR count). The monoisotopic (exact) mass is 302 g/mol. The zero-order chi connectivity index (χ0) is 16.8. The van der Waals surface area contributed by atoms with Gasteiger partial charge in [0.05, 0.1) is 12.1 Å². The first-order chi connectivity index (χ1) is 9.92. The molecule has 0 bridgehead atoms. The quantitative estimate of drug-likeness (QED) is 0.364. The van der Waals surface area contributed by atoms with Crippen LogP contribution in [-0.2, 0) is 9.59 Å². The molecule has 124 valence electrons. The molecule has 0 aliphatic heterocycles. The minimum Gasteiger partial charge on any atom is -0.352 e. The van der Waals surface area contributed by atoms with Crippen molar-refractivity contribution in [3.8, 4) is 0 Å². The summed E-state index contributed by atoms with van der Waals surface area (Å²) in [5.41, 5.74) is 4.92. The summed E-state index contributed by atoms with van der Waals surface area (Å²) in [6, 6.07) is -1.47. The Hall–Kier alpha value is -1.63. The van der Waals surface area contributed by atoms with E-state index < -0.39 is 12.1 Å². The maximum absolute atomic E-state index is 11.9. The van der Waals surface area contributed by atoms with Gasteiger partial charge in [-0.2, -0.15) is 0 Å². The summed E-state index contributed by atoms with van der Waals surface area (Å²) in [5, 5.41) is 8.01. The molecule has 7 heteroatoms. The van der Waals surface area contributed by atoms with Crippen LogP contribution in [-0.4, -0.2) is 43.9 Å². The Morgan fingerprint density at radius 3 is 2.19 bits per heavy atom. The van der Waals surface area contributed by atoms with Crippen molar-refractivity contribution < 1.29 is 14.4 Å². The zero-order valence-electron chi connectivity index (χ0n) is 13.7. The smallest absolute Gasteiger partial charge is 0.312 e. The Balaban J connectivity index is 0. The number of nitrogens with one attached hydrogen (secondary N) is 3. The number of amides is 3. The van der Waals surface area contributed by atoms with E-state index in [1.54, 1.807) is 7.05 Å². The van der Waals surface area contributed by atoms with Crippen LogP contribution in [0.5, 0.6) is 0 Å². The predicted octanol–water partition coefficient (Wildman–Crippen LogP) is 0.389. The number of aldehydes is 1. The van der Waals surface area contributed by atoms with E-state index >= 15 is 0 Å². The molecule has 21 heavy (non-hydrogen) atoms. The van der Waals surface area contributed by atoms with Crippen molar-refractivity contribution in [2.45, 2.75) is 52.6 Å². The lowest BCUT2D eigenvalue weighted by atomic mass is 10.0. The van der Waals surface area contributed by atoms with E-state index in [4.69, 9.17) is 5.73 Å². The second-order valence-electron chi connectivity index (χ2n) is 4.69. The van der Waals surface area contributed by atoms with Gasteiger partial charge in [-0.25, -0.2) is 4.79 Å². The maximum Gasteiger partial charge on any atom is 0.312 e. The largest absolute Gasteiger partial charge is 0.352 e. The fraction of sp³-hybridized carbons (Fsp3) is 0.786. The van der Waals surface area contributed by atoms with Gasteiger partial charge in [-0.1, -0.05) is 27.7 Å². The summed E-state index contributed by atoms with van der Waals surface area (Å²) in [7, 11) is 1.71. The van der Waals surface area contributed by atoms with Gasteiger partial charge in [-0.3, -0.25) is 4.79 Å². The van der Waals surface area contributed by atoms with E-state index in [-0.39, 0.29) is 17.9 Å². The molecule has 0 aromatic carbocycles. The van der Waals surface area contributed by atoms with Crippen LogP contribution in [0.4, 0.5) is 4.79 Å².